The predicted octanol–water partition coefficient (Wildman–Crippen LogP) is 3.71. The molecule has 0 aromatic rings. The fraction of sp³-hybridized carbons (Fsp3) is 1.00. The van der Waals surface area contributed by atoms with Crippen molar-refractivity contribution < 1.29 is 0 Å². The topological polar surface area (TPSA) is 0 Å². The Morgan fingerprint density at radius 3 is 2.25 bits per heavy atom. The molecule has 4 unspecified atom stereocenters. The van der Waals surface area contributed by atoms with Crippen molar-refractivity contribution in [2.45, 2.75) is 46.5 Å². The third-order valence-corrected chi connectivity index (χ3v) is 4.13. The van der Waals surface area contributed by atoms with Crippen molar-refractivity contribution in [3.05, 3.63) is 0 Å². The van der Waals surface area contributed by atoms with Gasteiger partial charge in [0.25, 0.3) is 0 Å². The molecule has 0 radical (unpaired) electrons. The van der Waals surface area contributed by atoms with Crippen LogP contribution in [0.3, 0.4) is 0 Å². The fourth-order valence-electron chi connectivity index (χ4n) is 3.58. The molecule has 0 aromatic carbocycles. The van der Waals surface area contributed by atoms with E-state index in [1.54, 1.807) is 19.3 Å². The number of rotatable bonds is 2. The molecule has 0 nitrogen and oxygen atoms in total. The van der Waals surface area contributed by atoms with E-state index in [1.807, 2.05) is 0 Å². The van der Waals surface area contributed by atoms with Crippen LogP contribution >= 0.6 is 0 Å². The van der Waals surface area contributed by atoms with Gasteiger partial charge in [0.15, 0.2) is 0 Å². The lowest BCUT2D eigenvalue weighted by Crippen LogP contribution is -2.17. The van der Waals surface area contributed by atoms with E-state index in [9.17, 15) is 0 Å². The summed E-state index contributed by atoms with van der Waals surface area (Å²) in [6.45, 7) is 7.20. The van der Waals surface area contributed by atoms with Crippen molar-refractivity contribution >= 4 is 0 Å². The third kappa shape index (κ3) is 1.41. The first-order valence-corrected chi connectivity index (χ1v) is 5.66. The first-order chi connectivity index (χ1) is 5.66. The van der Waals surface area contributed by atoms with Gasteiger partial charge in [-0.15, -0.1) is 0 Å². The average Bonchev–Trinajstić information content (AvgIpc) is 2.44. The highest BCUT2D eigenvalue weighted by Crippen LogP contribution is 2.53. The molecule has 0 amide bonds. The van der Waals surface area contributed by atoms with Gasteiger partial charge >= 0.3 is 0 Å². The van der Waals surface area contributed by atoms with Gasteiger partial charge in [-0.25, -0.2) is 0 Å². The second-order valence-electron chi connectivity index (χ2n) is 5.59. The summed E-state index contributed by atoms with van der Waals surface area (Å²) < 4.78 is 0. The maximum absolute atomic E-state index is 2.45. The summed E-state index contributed by atoms with van der Waals surface area (Å²) in [5, 5.41) is 0. The average molecular weight is 166 g/mol. The van der Waals surface area contributed by atoms with Crippen LogP contribution in [0, 0.1) is 29.6 Å². The van der Waals surface area contributed by atoms with Gasteiger partial charge in [0, 0.05) is 0 Å². The van der Waals surface area contributed by atoms with Gasteiger partial charge < -0.3 is 0 Å². The third-order valence-electron chi connectivity index (χ3n) is 4.13. The Hall–Kier alpha value is 0. The van der Waals surface area contributed by atoms with Gasteiger partial charge in [0.1, 0.15) is 0 Å². The molecule has 2 aliphatic carbocycles. The molecule has 2 bridgehead atoms. The van der Waals surface area contributed by atoms with E-state index in [-0.39, 0.29) is 0 Å². The van der Waals surface area contributed by atoms with Crippen LogP contribution in [0.15, 0.2) is 0 Å². The zero-order chi connectivity index (χ0) is 8.72. The van der Waals surface area contributed by atoms with Crippen molar-refractivity contribution in [2.24, 2.45) is 29.6 Å². The fourth-order valence-corrected chi connectivity index (χ4v) is 3.58. The van der Waals surface area contributed by atoms with Crippen LogP contribution in [0.1, 0.15) is 46.5 Å². The normalized spacial score (nSPS) is 46.0. The minimum absolute atomic E-state index is 0.921. The Morgan fingerprint density at radius 1 is 1.08 bits per heavy atom. The predicted molar refractivity (Wildman–Crippen MR) is 52.9 cm³/mol. The lowest BCUT2D eigenvalue weighted by Gasteiger charge is -2.26. The monoisotopic (exact) mass is 166 g/mol. The summed E-state index contributed by atoms with van der Waals surface area (Å²) in [5.41, 5.74) is 0. The number of hydrogen-bond donors (Lipinski definition) is 0. The van der Waals surface area contributed by atoms with Crippen LogP contribution in [0.4, 0.5) is 0 Å². The van der Waals surface area contributed by atoms with Gasteiger partial charge in [-0.2, -0.15) is 0 Å². The second-order valence-corrected chi connectivity index (χ2v) is 5.59. The van der Waals surface area contributed by atoms with Crippen LogP contribution in [0.5, 0.6) is 0 Å². The first kappa shape index (κ1) is 8.59. The summed E-state index contributed by atoms with van der Waals surface area (Å²) in [6, 6.07) is 0. The van der Waals surface area contributed by atoms with Crippen molar-refractivity contribution in [1.82, 2.24) is 0 Å². The van der Waals surface area contributed by atoms with Crippen molar-refractivity contribution in [2.75, 3.05) is 0 Å². The summed E-state index contributed by atoms with van der Waals surface area (Å²) in [4.78, 5) is 0. The molecule has 0 aromatic heterocycles. The molecule has 0 N–H and O–H groups in total. The lowest BCUT2D eigenvalue weighted by molar-refractivity contribution is 0.239. The van der Waals surface area contributed by atoms with E-state index in [0.717, 1.165) is 29.6 Å². The SMILES string of the molecule is CC(C)CC1CC2CC1CC2C. The van der Waals surface area contributed by atoms with Crippen LogP contribution in [0.25, 0.3) is 0 Å². The summed E-state index contributed by atoms with van der Waals surface area (Å²) >= 11 is 0. The largest absolute Gasteiger partial charge is 0.0628 e. The highest BCUT2D eigenvalue weighted by molar-refractivity contribution is 4.93. The summed E-state index contributed by atoms with van der Waals surface area (Å²) in [5.74, 6) is 5.31. The zero-order valence-corrected chi connectivity index (χ0v) is 8.72. The van der Waals surface area contributed by atoms with E-state index in [2.05, 4.69) is 20.8 Å². The molecule has 0 spiro atoms. The van der Waals surface area contributed by atoms with Crippen molar-refractivity contribution in [1.29, 1.82) is 0 Å². The molecule has 2 saturated carbocycles. The molecule has 4 atom stereocenters. The Kier molecular flexibility index (Phi) is 2.18. The molecule has 2 rings (SSSR count). The molecule has 0 aliphatic heterocycles. The van der Waals surface area contributed by atoms with E-state index in [4.69, 9.17) is 0 Å². The maximum Gasteiger partial charge on any atom is -0.0380 e. The van der Waals surface area contributed by atoms with Crippen LogP contribution in [0.2, 0.25) is 0 Å². The molecule has 2 aliphatic rings. The highest BCUT2D eigenvalue weighted by Gasteiger charge is 2.43. The Balaban J connectivity index is 1.90. The van der Waals surface area contributed by atoms with E-state index in [1.165, 1.54) is 6.42 Å². The van der Waals surface area contributed by atoms with Crippen molar-refractivity contribution in [3.63, 3.8) is 0 Å². The minimum Gasteiger partial charge on any atom is -0.0628 e. The number of fused-ring (bicyclic) bond motifs is 2. The molecule has 12 heavy (non-hydrogen) atoms. The minimum atomic E-state index is 0.921. The molecular weight excluding hydrogens is 144 g/mol. The number of hydrogen-bond acceptors (Lipinski definition) is 0. The Morgan fingerprint density at radius 2 is 1.83 bits per heavy atom. The zero-order valence-electron chi connectivity index (χ0n) is 8.72. The molecule has 70 valence electrons. The van der Waals surface area contributed by atoms with Gasteiger partial charge in [-0.1, -0.05) is 20.8 Å². The standard InChI is InChI=1S/C12H22/c1-8(2)4-11-6-10-7-12(11)5-9(10)3/h8-12H,4-7H2,1-3H3. The van der Waals surface area contributed by atoms with Gasteiger partial charge in [0.05, 0.1) is 0 Å². The van der Waals surface area contributed by atoms with Gasteiger partial charge in [0.2, 0.25) is 0 Å². The maximum atomic E-state index is 2.45. The van der Waals surface area contributed by atoms with E-state index < -0.39 is 0 Å². The van der Waals surface area contributed by atoms with E-state index >= 15 is 0 Å². The van der Waals surface area contributed by atoms with E-state index in [0.29, 0.717) is 0 Å². The second kappa shape index (κ2) is 3.05. The van der Waals surface area contributed by atoms with Gasteiger partial charge in [-0.3, -0.25) is 0 Å². The van der Waals surface area contributed by atoms with Crippen LogP contribution in [-0.4, -0.2) is 0 Å². The van der Waals surface area contributed by atoms with Crippen LogP contribution in [-0.2, 0) is 0 Å². The first-order valence-electron chi connectivity index (χ1n) is 5.66. The Bertz CT molecular complexity index is 157. The Labute approximate surface area is 76.7 Å². The van der Waals surface area contributed by atoms with Gasteiger partial charge in [-0.05, 0) is 55.3 Å². The quantitative estimate of drug-likeness (QED) is 0.586. The summed E-state index contributed by atoms with van der Waals surface area (Å²) in [6.07, 6.45) is 6.17. The highest BCUT2D eigenvalue weighted by atomic mass is 14.5. The van der Waals surface area contributed by atoms with Crippen molar-refractivity contribution in [3.8, 4) is 0 Å². The molecule has 0 heteroatoms. The van der Waals surface area contributed by atoms with Crippen LogP contribution < -0.4 is 0 Å². The smallest absolute Gasteiger partial charge is 0.0380 e. The lowest BCUT2D eigenvalue weighted by atomic mass is 9.79. The molecule has 0 heterocycles. The molecule has 0 saturated heterocycles. The molecular formula is C12H22. The molecule has 2 fully saturated rings. The summed E-state index contributed by atoms with van der Waals surface area (Å²) in [7, 11) is 0.